The van der Waals surface area contributed by atoms with Gasteiger partial charge in [0, 0.05) is 51.9 Å². The molecule has 1 aromatic carbocycles. The van der Waals surface area contributed by atoms with Crippen LogP contribution in [0.4, 0.5) is 0 Å². The zero-order valence-corrected chi connectivity index (χ0v) is 34.3. The van der Waals surface area contributed by atoms with Crippen molar-refractivity contribution in [2.75, 3.05) is 85.2 Å². The summed E-state index contributed by atoms with van der Waals surface area (Å²) in [6, 6.07) is 6.73. The number of carbonyl (C=O) groups is 4. The van der Waals surface area contributed by atoms with Crippen LogP contribution in [0.5, 0.6) is 5.75 Å². The van der Waals surface area contributed by atoms with Gasteiger partial charge in [0.2, 0.25) is 0 Å². The van der Waals surface area contributed by atoms with Crippen LogP contribution in [-0.2, 0) is 44.5 Å². The van der Waals surface area contributed by atoms with Crippen LogP contribution in [0.1, 0.15) is 99.0 Å². The fraction of sp³-hybridized carbons (Fsp3) is 0.756. The fourth-order valence-electron chi connectivity index (χ4n) is 6.24. The average molecular weight is 763 g/mol. The molecule has 1 saturated heterocycles. The second kappa shape index (κ2) is 25.8. The number of hydrogen-bond donors (Lipinski definition) is 1. The summed E-state index contributed by atoms with van der Waals surface area (Å²) in [5.74, 6) is -1.17. The highest BCUT2D eigenvalue weighted by molar-refractivity contribution is 5.73. The lowest BCUT2D eigenvalue weighted by molar-refractivity contribution is -0.157. The molecule has 1 aliphatic rings. The zero-order valence-electron chi connectivity index (χ0n) is 34.3. The Kier molecular flexibility index (Phi) is 22.4. The third-order valence-corrected chi connectivity index (χ3v) is 9.26. The lowest BCUT2D eigenvalue weighted by Gasteiger charge is -2.38. The third-order valence-electron chi connectivity index (χ3n) is 9.26. The summed E-state index contributed by atoms with van der Waals surface area (Å²) in [4.78, 5) is 61.0. The first-order valence-electron chi connectivity index (χ1n) is 20.2. The molecule has 2 rings (SSSR count). The van der Waals surface area contributed by atoms with Crippen molar-refractivity contribution in [3.63, 3.8) is 0 Å². The van der Waals surface area contributed by atoms with Crippen LogP contribution in [0.2, 0.25) is 0 Å². The minimum Gasteiger partial charge on any atom is -0.508 e. The van der Waals surface area contributed by atoms with Crippen LogP contribution in [0, 0.1) is 0 Å². The number of benzene rings is 1. The van der Waals surface area contributed by atoms with E-state index in [9.17, 15) is 24.3 Å². The van der Waals surface area contributed by atoms with Gasteiger partial charge in [-0.3, -0.25) is 38.8 Å². The van der Waals surface area contributed by atoms with Crippen molar-refractivity contribution < 1.29 is 43.2 Å². The number of ether oxygens (including phenoxy) is 4. The number of nitrogens with zero attached hydrogens (tertiary/aromatic N) is 4. The van der Waals surface area contributed by atoms with E-state index in [1.165, 1.54) is 0 Å². The van der Waals surface area contributed by atoms with Gasteiger partial charge < -0.3 is 24.1 Å². The zero-order chi connectivity index (χ0) is 39.9. The highest BCUT2D eigenvalue weighted by Crippen LogP contribution is 2.17. The van der Waals surface area contributed by atoms with Crippen molar-refractivity contribution >= 4 is 23.9 Å². The number of phenolic OH excluding ortho intramolecular Hbond substituents is 1. The SMILES string of the molecule is CCCCOC(=O)CN1CCN(CC(=O)OC(CC)CCC)CCN(CC(=O)OC(C)(C)C)CCN(CC(=O)OCCCC)[C@@H](Cc2ccc(O)cc2)C1. The van der Waals surface area contributed by atoms with Gasteiger partial charge in [0.15, 0.2) is 0 Å². The van der Waals surface area contributed by atoms with Gasteiger partial charge >= 0.3 is 23.9 Å². The molecule has 0 radical (unpaired) electrons. The Bertz CT molecular complexity index is 1240. The van der Waals surface area contributed by atoms with E-state index < -0.39 is 5.60 Å². The maximum Gasteiger partial charge on any atom is 0.320 e. The van der Waals surface area contributed by atoms with Crippen LogP contribution in [0.15, 0.2) is 24.3 Å². The molecule has 13 nitrogen and oxygen atoms in total. The highest BCUT2D eigenvalue weighted by Gasteiger charge is 2.29. The maximum absolute atomic E-state index is 13.3. The number of carbonyl (C=O) groups excluding carboxylic acids is 4. The van der Waals surface area contributed by atoms with E-state index in [0.29, 0.717) is 65.4 Å². The van der Waals surface area contributed by atoms with Gasteiger partial charge in [-0.25, -0.2) is 0 Å². The first kappa shape index (κ1) is 46.9. The van der Waals surface area contributed by atoms with Gasteiger partial charge in [0.25, 0.3) is 0 Å². The normalized spacial score (nSPS) is 17.9. The molecule has 0 saturated carbocycles. The molecule has 1 aliphatic heterocycles. The Morgan fingerprint density at radius 3 is 1.76 bits per heavy atom. The summed E-state index contributed by atoms with van der Waals surface area (Å²) in [6.07, 6.45) is 6.16. The van der Waals surface area contributed by atoms with E-state index >= 15 is 0 Å². The summed E-state index contributed by atoms with van der Waals surface area (Å²) in [7, 11) is 0. The lowest BCUT2D eigenvalue weighted by Crippen LogP contribution is -2.54. The van der Waals surface area contributed by atoms with Gasteiger partial charge in [-0.15, -0.1) is 0 Å². The van der Waals surface area contributed by atoms with Crippen LogP contribution < -0.4 is 0 Å². The smallest absolute Gasteiger partial charge is 0.320 e. The Labute approximate surface area is 324 Å². The largest absolute Gasteiger partial charge is 0.508 e. The molecule has 0 spiro atoms. The van der Waals surface area contributed by atoms with Gasteiger partial charge in [-0.2, -0.15) is 0 Å². The van der Waals surface area contributed by atoms with Crippen molar-refractivity contribution in [1.29, 1.82) is 0 Å². The van der Waals surface area contributed by atoms with Gasteiger partial charge in [-0.1, -0.05) is 59.1 Å². The standard InChI is InChI=1S/C41H70N4O9/c1-8-12-25-51-37(47)29-44-22-21-42(30-39(49)53-36(11-4)14-10-3)19-20-43(31-40(50)54-41(5,6)7)23-24-45(32-38(48)52-26-13-9-2)34(28-44)27-33-15-17-35(46)18-16-33/h15-18,34,36,46H,8-14,19-32H2,1-7H3/t34-,36?/m0/s1. The quantitative estimate of drug-likeness (QED) is 0.112. The summed E-state index contributed by atoms with van der Waals surface area (Å²) < 4.78 is 22.8. The molecule has 0 aromatic heterocycles. The molecule has 0 bridgehead atoms. The van der Waals surface area contributed by atoms with Crippen molar-refractivity contribution in [2.45, 2.75) is 118 Å². The molecule has 1 fully saturated rings. The minimum absolute atomic E-state index is 0.0237. The van der Waals surface area contributed by atoms with Crippen LogP contribution in [0.25, 0.3) is 0 Å². The third kappa shape index (κ3) is 20.4. The Morgan fingerprint density at radius 1 is 0.704 bits per heavy atom. The van der Waals surface area contributed by atoms with E-state index in [4.69, 9.17) is 18.9 Å². The van der Waals surface area contributed by atoms with Crippen molar-refractivity contribution in [2.24, 2.45) is 0 Å². The van der Waals surface area contributed by atoms with Crippen LogP contribution >= 0.6 is 0 Å². The number of phenols is 1. The van der Waals surface area contributed by atoms with Crippen LogP contribution in [0.3, 0.4) is 0 Å². The molecule has 1 aromatic rings. The fourth-order valence-corrected chi connectivity index (χ4v) is 6.24. The molecule has 0 aliphatic carbocycles. The predicted molar refractivity (Wildman–Crippen MR) is 209 cm³/mol. The summed E-state index contributed by atoms with van der Waals surface area (Å²) in [5, 5.41) is 10.0. The van der Waals surface area contributed by atoms with E-state index in [1.807, 2.05) is 68.4 Å². The van der Waals surface area contributed by atoms with Crippen molar-refractivity contribution in [1.82, 2.24) is 19.6 Å². The molecule has 0 amide bonds. The molecular weight excluding hydrogens is 692 g/mol. The first-order valence-corrected chi connectivity index (χ1v) is 20.2. The average Bonchev–Trinajstić information content (AvgIpc) is 3.10. The minimum atomic E-state index is -0.654. The second-order valence-electron chi connectivity index (χ2n) is 15.3. The van der Waals surface area contributed by atoms with Gasteiger partial charge in [-0.05, 0) is 70.6 Å². The van der Waals surface area contributed by atoms with E-state index in [2.05, 4.69) is 11.8 Å². The Hall–Kier alpha value is -3.26. The molecule has 2 atom stereocenters. The molecule has 13 heteroatoms. The molecule has 1 unspecified atom stereocenters. The first-order chi connectivity index (χ1) is 25.7. The Morgan fingerprint density at radius 2 is 1.22 bits per heavy atom. The maximum atomic E-state index is 13.3. The van der Waals surface area contributed by atoms with Gasteiger partial charge in [0.1, 0.15) is 17.5 Å². The number of hydrogen-bond acceptors (Lipinski definition) is 13. The topological polar surface area (TPSA) is 138 Å². The monoisotopic (exact) mass is 763 g/mol. The van der Waals surface area contributed by atoms with Crippen molar-refractivity contribution in [3.8, 4) is 5.75 Å². The molecule has 308 valence electrons. The number of unbranched alkanes of at least 4 members (excludes halogenated alkanes) is 2. The second-order valence-corrected chi connectivity index (χ2v) is 15.3. The summed E-state index contributed by atoms with van der Waals surface area (Å²) in [6.45, 7) is 17.6. The summed E-state index contributed by atoms with van der Waals surface area (Å²) >= 11 is 0. The van der Waals surface area contributed by atoms with Crippen LogP contribution in [-0.4, -0.2) is 152 Å². The lowest BCUT2D eigenvalue weighted by atomic mass is 10.0. The molecule has 1 heterocycles. The Balaban J connectivity index is 2.52. The van der Waals surface area contributed by atoms with Gasteiger partial charge in [0.05, 0.1) is 39.4 Å². The molecular formula is C41H70N4O9. The number of rotatable bonds is 20. The van der Waals surface area contributed by atoms with Crippen molar-refractivity contribution in [3.05, 3.63) is 29.8 Å². The highest BCUT2D eigenvalue weighted by atomic mass is 16.6. The summed E-state index contributed by atoms with van der Waals surface area (Å²) in [5.41, 5.74) is 0.297. The van der Waals surface area contributed by atoms with E-state index in [1.54, 1.807) is 12.1 Å². The van der Waals surface area contributed by atoms with E-state index in [0.717, 1.165) is 50.5 Å². The molecule has 1 N–H and O–H groups in total. The van der Waals surface area contributed by atoms with E-state index in [-0.39, 0.29) is 68.0 Å². The molecule has 54 heavy (non-hydrogen) atoms. The number of aromatic hydroxyl groups is 1. The predicted octanol–water partition coefficient (Wildman–Crippen LogP) is 4.68. The number of esters is 4.